The molecule has 0 atom stereocenters. The summed E-state index contributed by atoms with van der Waals surface area (Å²) >= 11 is 0. The molecule has 2 aromatic rings. The molecule has 0 spiro atoms. The number of halogens is 1. The first-order valence-corrected chi connectivity index (χ1v) is 15.2. The third kappa shape index (κ3) is 13.1. The zero-order valence-electron chi connectivity index (χ0n) is 26.2. The van der Waals surface area contributed by atoms with Crippen LogP contribution >= 0.6 is 0 Å². The van der Waals surface area contributed by atoms with E-state index >= 15 is 0 Å². The first-order valence-electron chi connectivity index (χ1n) is 15.2. The van der Waals surface area contributed by atoms with Crippen LogP contribution < -0.4 is 0 Å². The second-order valence-electron chi connectivity index (χ2n) is 10.5. The van der Waals surface area contributed by atoms with E-state index in [0.29, 0.717) is 12.3 Å². The Bertz CT molecular complexity index is 973. The number of rotatable bonds is 12. The van der Waals surface area contributed by atoms with E-state index < -0.39 is 0 Å². The van der Waals surface area contributed by atoms with E-state index in [9.17, 15) is 9.18 Å². The molecule has 0 amide bonds. The topological polar surface area (TPSA) is 23.6 Å². The maximum absolute atomic E-state index is 13.3. The number of likely N-dealkylation sites (tertiary alicyclic amines) is 1. The summed E-state index contributed by atoms with van der Waals surface area (Å²) in [7, 11) is 2.15. The average Bonchev–Trinajstić information content (AvgIpc) is 2.96. The number of nitrogens with zero attached hydrogens (tertiary/aromatic N) is 2. The highest BCUT2D eigenvalue weighted by Crippen LogP contribution is 2.24. The standard InChI is InChI=1S/C31H43FN2O.2C2H6/c1-24-13-14-30(21-29(24)17-18-33(4)23-28-9-6-5-7-10-28)31(35)12-8-11-27-15-19-34(20-16-27)22-25(2)26(3)32;2*1-2/h5-7,9-10,13-14,21,27H,8,11-12,15-20,22-23H2,1-4H3;2*1-2H3/b26-25-;;. The van der Waals surface area contributed by atoms with Crippen molar-refractivity contribution in [3.8, 4) is 0 Å². The predicted molar refractivity (Wildman–Crippen MR) is 167 cm³/mol. The van der Waals surface area contributed by atoms with Gasteiger partial charge >= 0.3 is 0 Å². The molecule has 1 saturated heterocycles. The Morgan fingerprint density at radius 2 is 1.64 bits per heavy atom. The van der Waals surface area contributed by atoms with Crippen molar-refractivity contribution in [3.63, 3.8) is 0 Å². The van der Waals surface area contributed by atoms with Gasteiger partial charge in [-0.2, -0.15) is 0 Å². The van der Waals surface area contributed by atoms with Gasteiger partial charge in [-0.3, -0.25) is 9.69 Å². The van der Waals surface area contributed by atoms with Crippen LogP contribution in [0, 0.1) is 12.8 Å². The van der Waals surface area contributed by atoms with E-state index in [1.807, 2.05) is 40.7 Å². The summed E-state index contributed by atoms with van der Waals surface area (Å²) in [5.74, 6) is 0.896. The van der Waals surface area contributed by atoms with Gasteiger partial charge in [-0.15, -0.1) is 0 Å². The lowest BCUT2D eigenvalue weighted by atomic mass is 9.90. The monoisotopic (exact) mass is 538 g/mol. The number of carbonyl (C=O) groups is 1. The Morgan fingerprint density at radius 1 is 1.00 bits per heavy atom. The van der Waals surface area contributed by atoms with Gasteiger partial charge < -0.3 is 4.90 Å². The molecule has 0 aliphatic carbocycles. The van der Waals surface area contributed by atoms with E-state index in [-0.39, 0.29) is 11.6 Å². The number of ketones is 1. The van der Waals surface area contributed by atoms with Crippen LogP contribution in [0.4, 0.5) is 4.39 Å². The molecule has 1 aliphatic rings. The summed E-state index contributed by atoms with van der Waals surface area (Å²) in [5.41, 5.74) is 5.55. The van der Waals surface area contributed by atoms with E-state index in [4.69, 9.17) is 0 Å². The molecule has 0 N–H and O–H groups in total. The summed E-state index contributed by atoms with van der Waals surface area (Å²) in [6.45, 7) is 18.3. The fourth-order valence-electron chi connectivity index (χ4n) is 4.97. The molecule has 0 unspecified atom stereocenters. The van der Waals surface area contributed by atoms with Gasteiger partial charge in [0.1, 0.15) is 0 Å². The number of Topliss-reactive ketones (excluding diaryl/α,β-unsaturated/α-hetero) is 1. The Labute approximate surface area is 239 Å². The number of allylic oxidation sites excluding steroid dienone is 1. The molecule has 3 rings (SSSR count). The van der Waals surface area contributed by atoms with Gasteiger partial charge in [0, 0.05) is 31.6 Å². The van der Waals surface area contributed by atoms with Crippen molar-refractivity contribution in [2.24, 2.45) is 5.92 Å². The Morgan fingerprint density at radius 3 is 2.26 bits per heavy atom. The van der Waals surface area contributed by atoms with Crippen LogP contribution in [0.5, 0.6) is 0 Å². The predicted octanol–water partition coefficient (Wildman–Crippen LogP) is 9.05. The van der Waals surface area contributed by atoms with Crippen molar-refractivity contribution in [1.29, 1.82) is 0 Å². The second-order valence-corrected chi connectivity index (χ2v) is 10.5. The van der Waals surface area contributed by atoms with Crippen LogP contribution in [-0.4, -0.2) is 48.8 Å². The number of piperidine rings is 1. The summed E-state index contributed by atoms with van der Waals surface area (Å²) in [4.78, 5) is 17.6. The van der Waals surface area contributed by atoms with Crippen molar-refractivity contribution in [3.05, 3.63) is 82.2 Å². The highest BCUT2D eigenvalue weighted by molar-refractivity contribution is 5.96. The van der Waals surface area contributed by atoms with E-state index in [2.05, 4.69) is 66.2 Å². The maximum Gasteiger partial charge on any atom is 0.162 e. The highest BCUT2D eigenvalue weighted by atomic mass is 19.1. The highest BCUT2D eigenvalue weighted by Gasteiger charge is 2.20. The van der Waals surface area contributed by atoms with Crippen molar-refractivity contribution >= 4 is 5.78 Å². The van der Waals surface area contributed by atoms with Gasteiger partial charge in [0.15, 0.2) is 5.78 Å². The van der Waals surface area contributed by atoms with Crippen molar-refractivity contribution in [2.75, 3.05) is 33.2 Å². The molecule has 2 aromatic carbocycles. The van der Waals surface area contributed by atoms with Gasteiger partial charge in [0.25, 0.3) is 0 Å². The molecule has 0 bridgehead atoms. The zero-order chi connectivity index (χ0) is 29.2. The minimum absolute atomic E-state index is 0.0518. The lowest BCUT2D eigenvalue weighted by molar-refractivity contribution is 0.0974. The Balaban J connectivity index is 0.00000181. The average molecular weight is 539 g/mol. The summed E-state index contributed by atoms with van der Waals surface area (Å²) < 4.78 is 13.3. The smallest absolute Gasteiger partial charge is 0.162 e. The number of carbonyl (C=O) groups excluding carboxylic acids is 1. The first kappa shape index (κ1) is 34.7. The van der Waals surface area contributed by atoms with Crippen molar-refractivity contribution in [2.45, 2.75) is 93.5 Å². The molecular formula is C35H55FN2O. The zero-order valence-corrected chi connectivity index (χ0v) is 26.2. The maximum atomic E-state index is 13.3. The van der Waals surface area contributed by atoms with Gasteiger partial charge in [-0.05, 0) is 107 Å². The van der Waals surface area contributed by atoms with E-state index in [0.717, 1.165) is 76.0 Å². The van der Waals surface area contributed by atoms with Crippen LogP contribution in [0.2, 0.25) is 0 Å². The normalized spacial score (nSPS) is 14.6. The molecule has 39 heavy (non-hydrogen) atoms. The third-order valence-corrected chi connectivity index (χ3v) is 7.50. The molecule has 3 nitrogen and oxygen atoms in total. The Kier molecular flexibility index (Phi) is 17.6. The molecule has 0 aromatic heterocycles. The summed E-state index contributed by atoms with van der Waals surface area (Å²) in [6, 6.07) is 16.8. The first-order chi connectivity index (χ1) is 18.8. The second kappa shape index (κ2) is 19.7. The Hall–Kier alpha value is -2.30. The van der Waals surface area contributed by atoms with Crippen molar-refractivity contribution in [1.82, 2.24) is 9.80 Å². The minimum atomic E-state index is -0.0518. The van der Waals surface area contributed by atoms with Crippen molar-refractivity contribution < 1.29 is 9.18 Å². The minimum Gasteiger partial charge on any atom is -0.302 e. The SMILES string of the molecule is C/C(F)=C(\C)CN1CCC(CCCC(=O)c2ccc(C)c(CCN(C)Cc3ccccc3)c2)CC1.CC.CC. The van der Waals surface area contributed by atoms with Gasteiger partial charge in [0.05, 0.1) is 5.83 Å². The largest absolute Gasteiger partial charge is 0.302 e. The molecular weight excluding hydrogens is 483 g/mol. The van der Waals surface area contributed by atoms with Crippen LogP contribution in [0.1, 0.15) is 101 Å². The van der Waals surface area contributed by atoms with Crippen LogP contribution in [0.3, 0.4) is 0 Å². The molecule has 0 radical (unpaired) electrons. The number of aryl methyl sites for hydroxylation is 1. The molecule has 1 fully saturated rings. The lowest BCUT2D eigenvalue weighted by Crippen LogP contribution is -2.35. The molecule has 0 saturated carbocycles. The van der Waals surface area contributed by atoms with E-state index in [1.54, 1.807) is 6.92 Å². The number of hydrogen-bond donors (Lipinski definition) is 0. The number of benzene rings is 2. The number of hydrogen-bond acceptors (Lipinski definition) is 3. The molecule has 1 heterocycles. The third-order valence-electron chi connectivity index (χ3n) is 7.50. The van der Waals surface area contributed by atoms with Crippen LogP contribution in [0.15, 0.2) is 59.9 Å². The lowest BCUT2D eigenvalue weighted by Gasteiger charge is -2.32. The molecule has 4 heteroatoms. The fraction of sp³-hybridized carbons (Fsp3) is 0.571. The van der Waals surface area contributed by atoms with Gasteiger partial charge in [-0.1, -0.05) is 70.2 Å². The van der Waals surface area contributed by atoms with Gasteiger partial charge in [-0.25, -0.2) is 4.39 Å². The molecule has 1 aliphatic heterocycles. The van der Waals surface area contributed by atoms with E-state index in [1.165, 1.54) is 16.7 Å². The fourth-order valence-corrected chi connectivity index (χ4v) is 4.97. The summed E-state index contributed by atoms with van der Waals surface area (Å²) in [6.07, 6.45) is 5.94. The number of likely N-dealkylation sites (N-methyl/N-ethyl adjacent to an activating group) is 1. The quantitative estimate of drug-likeness (QED) is 0.252. The van der Waals surface area contributed by atoms with Gasteiger partial charge in [0.2, 0.25) is 0 Å². The van der Waals surface area contributed by atoms with Crippen LogP contribution in [0.25, 0.3) is 0 Å². The molecule has 218 valence electrons. The summed E-state index contributed by atoms with van der Waals surface area (Å²) in [5, 5.41) is 0. The van der Waals surface area contributed by atoms with Crippen LogP contribution in [-0.2, 0) is 13.0 Å².